The predicted octanol–water partition coefficient (Wildman–Crippen LogP) is 0.870. The number of hydrogen-bond acceptors (Lipinski definition) is 8. The highest BCUT2D eigenvalue weighted by Crippen LogP contribution is 2.40. The lowest BCUT2D eigenvalue weighted by molar-refractivity contribution is -0.122. The molecular formula is C35H44N14O6. The molecule has 5 rings (SSSR count). The number of rotatable bonds is 16. The van der Waals surface area contributed by atoms with E-state index in [-0.39, 0.29) is 72.6 Å². The van der Waals surface area contributed by atoms with Crippen molar-refractivity contribution in [1.29, 1.82) is 10.8 Å². The van der Waals surface area contributed by atoms with E-state index in [1.54, 1.807) is 62.1 Å². The van der Waals surface area contributed by atoms with Gasteiger partial charge in [0, 0.05) is 78.9 Å². The topological polar surface area (TPSA) is 294 Å². The number of nitrogens with two attached hydrogens (primary N) is 2. The molecule has 1 aliphatic rings. The molecule has 0 aliphatic heterocycles. The van der Waals surface area contributed by atoms with E-state index >= 15 is 0 Å². The summed E-state index contributed by atoms with van der Waals surface area (Å²) in [6.45, 7) is 0.404. The van der Waals surface area contributed by atoms with Crippen LogP contribution >= 0.6 is 0 Å². The zero-order valence-corrected chi connectivity index (χ0v) is 30.7. The van der Waals surface area contributed by atoms with Crippen molar-refractivity contribution in [2.45, 2.75) is 19.3 Å². The van der Waals surface area contributed by atoms with E-state index in [0.29, 0.717) is 40.6 Å². The molecule has 0 bridgehead atoms. The molecule has 4 aromatic rings. The number of aromatic nitrogens is 4. The second-order valence-corrected chi connectivity index (χ2v) is 13.3. The predicted molar refractivity (Wildman–Crippen MR) is 204 cm³/mol. The highest BCUT2D eigenvalue weighted by Gasteiger charge is 2.48. The van der Waals surface area contributed by atoms with Gasteiger partial charge < -0.3 is 61.6 Å². The third-order valence-electron chi connectivity index (χ3n) is 8.82. The monoisotopic (exact) mass is 756 g/mol. The number of nitrogens with one attached hydrogen (secondary N) is 8. The minimum Gasteiger partial charge on any atom is -0.388 e. The normalized spacial score (nSPS) is 14.4. The van der Waals surface area contributed by atoms with E-state index in [9.17, 15) is 28.8 Å². The molecule has 55 heavy (non-hydrogen) atoms. The summed E-state index contributed by atoms with van der Waals surface area (Å²) in [5, 5.41) is 30.9. The largest absolute Gasteiger partial charge is 0.388 e. The molecule has 1 saturated carbocycles. The molecule has 0 unspecified atom stereocenters. The average Bonchev–Trinajstić information content (AvgIpc) is 3.24. The first-order chi connectivity index (χ1) is 26.0. The standard InChI is InChI=1S/C35H44N14O6/c1-46-16-20(9-24(46)32(52)40-7-5-28(36)37)44-34(54)26-11-18(14-48(26)3)42-30(50)22-13-23(22)31(51)43-19-12-27(49(4)15-19)35(55)45-21-10-25(47(2)17-21)33(53)41-8-6-29(38)39/h9-12,14-17,22-23H,5-8,13H2,1-4H3,(H3,36,37)(H3,38,39)(H,40,52)(H,41,53)(H,42,50)(H,43,51)(H,44,54)(H,45,55)/t22-,23-/m1/s1. The van der Waals surface area contributed by atoms with Gasteiger partial charge in [-0.05, 0) is 30.7 Å². The third kappa shape index (κ3) is 9.66. The van der Waals surface area contributed by atoms with Crippen molar-refractivity contribution in [3.8, 4) is 0 Å². The first kappa shape index (κ1) is 39.1. The molecule has 20 nitrogen and oxygen atoms in total. The lowest BCUT2D eigenvalue weighted by atomic mass is 10.2. The molecule has 0 aromatic carbocycles. The molecule has 0 saturated heterocycles. The summed E-state index contributed by atoms with van der Waals surface area (Å²) in [5.41, 5.74) is 13.2. The molecule has 1 aliphatic carbocycles. The van der Waals surface area contributed by atoms with Gasteiger partial charge >= 0.3 is 0 Å². The minimum absolute atomic E-state index is 0.0437. The van der Waals surface area contributed by atoms with Crippen molar-refractivity contribution >= 4 is 69.9 Å². The molecule has 0 radical (unpaired) electrons. The number of carbonyl (C=O) groups excluding carboxylic acids is 6. The molecule has 6 amide bonds. The molecule has 1 fully saturated rings. The van der Waals surface area contributed by atoms with Gasteiger partial charge in [0.1, 0.15) is 22.8 Å². The van der Waals surface area contributed by atoms with Gasteiger partial charge in [0.05, 0.1) is 46.3 Å². The highest BCUT2D eigenvalue weighted by atomic mass is 16.2. The number of aryl methyl sites for hydroxylation is 4. The van der Waals surface area contributed by atoms with Gasteiger partial charge in [-0.2, -0.15) is 0 Å². The Morgan fingerprint density at radius 3 is 1.15 bits per heavy atom. The van der Waals surface area contributed by atoms with Crippen molar-refractivity contribution in [2.24, 2.45) is 51.5 Å². The van der Waals surface area contributed by atoms with Crippen LogP contribution in [0.5, 0.6) is 0 Å². The van der Waals surface area contributed by atoms with Gasteiger partial charge in [-0.25, -0.2) is 0 Å². The molecule has 20 heteroatoms. The second-order valence-electron chi connectivity index (χ2n) is 13.3. The van der Waals surface area contributed by atoms with Crippen LogP contribution in [0.3, 0.4) is 0 Å². The van der Waals surface area contributed by atoms with Crippen LogP contribution < -0.4 is 43.4 Å². The smallest absolute Gasteiger partial charge is 0.272 e. The Hall–Kier alpha value is -7.12. The summed E-state index contributed by atoms with van der Waals surface area (Å²) in [6, 6.07) is 6.03. The van der Waals surface area contributed by atoms with Gasteiger partial charge in [0.25, 0.3) is 23.6 Å². The first-order valence-electron chi connectivity index (χ1n) is 17.1. The molecule has 4 aromatic heterocycles. The zero-order valence-electron chi connectivity index (χ0n) is 30.7. The molecule has 2 atom stereocenters. The first-order valence-corrected chi connectivity index (χ1v) is 17.1. The van der Waals surface area contributed by atoms with Crippen LogP contribution in [0.25, 0.3) is 0 Å². The molecular weight excluding hydrogens is 712 g/mol. The number of carbonyl (C=O) groups is 6. The number of amidine groups is 2. The number of nitrogens with zero attached hydrogens (tertiary/aromatic N) is 4. The van der Waals surface area contributed by atoms with Crippen LogP contribution in [0.4, 0.5) is 22.7 Å². The Kier molecular flexibility index (Phi) is 11.6. The fraction of sp³-hybridized carbons (Fsp3) is 0.314. The Morgan fingerprint density at radius 2 is 0.836 bits per heavy atom. The lowest BCUT2D eigenvalue weighted by Gasteiger charge is -2.04. The molecule has 4 heterocycles. The summed E-state index contributed by atoms with van der Waals surface area (Å²) >= 11 is 0. The molecule has 290 valence electrons. The maximum Gasteiger partial charge on any atom is 0.272 e. The lowest BCUT2D eigenvalue weighted by Crippen LogP contribution is -2.28. The van der Waals surface area contributed by atoms with Crippen LogP contribution in [0.2, 0.25) is 0 Å². The van der Waals surface area contributed by atoms with Crippen molar-refractivity contribution in [2.75, 3.05) is 34.4 Å². The molecule has 0 spiro atoms. The minimum atomic E-state index is -0.597. The Balaban J connectivity index is 1.11. The van der Waals surface area contributed by atoms with E-state index in [1.165, 1.54) is 33.4 Å². The van der Waals surface area contributed by atoms with Crippen LogP contribution in [-0.2, 0) is 37.8 Å². The Morgan fingerprint density at radius 1 is 0.545 bits per heavy atom. The Bertz CT molecular complexity index is 2050. The van der Waals surface area contributed by atoms with Crippen molar-refractivity contribution in [1.82, 2.24) is 28.9 Å². The summed E-state index contributed by atoms with van der Waals surface area (Å²) < 4.78 is 6.18. The summed E-state index contributed by atoms with van der Waals surface area (Å²) in [4.78, 5) is 77.2. The summed E-state index contributed by atoms with van der Waals surface area (Å²) in [5.74, 6) is -3.78. The Labute approximate surface area is 315 Å². The van der Waals surface area contributed by atoms with Crippen molar-refractivity contribution in [3.05, 3.63) is 71.8 Å². The number of amides is 6. The van der Waals surface area contributed by atoms with E-state index in [4.69, 9.17) is 22.3 Å². The summed E-state index contributed by atoms with van der Waals surface area (Å²) in [6.07, 6.45) is 7.05. The van der Waals surface area contributed by atoms with Gasteiger partial charge in [-0.15, -0.1) is 0 Å². The zero-order chi connectivity index (χ0) is 40.1. The van der Waals surface area contributed by atoms with E-state index in [2.05, 4.69) is 31.9 Å². The van der Waals surface area contributed by atoms with E-state index in [1.807, 2.05) is 0 Å². The van der Waals surface area contributed by atoms with Crippen molar-refractivity contribution in [3.63, 3.8) is 0 Å². The fourth-order valence-electron chi connectivity index (χ4n) is 5.87. The second kappa shape index (κ2) is 16.3. The van der Waals surface area contributed by atoms with Gasteiger partial charge in [-0.3, -0.25) is 39.6 Å². The average molecular weight is 757 g/mol. The van der Waals surface area contributed by atoms with E-state index < -0.39 is 23.7 Å². The van der Waals surface area contributed by atoms with Crippen LogP contribution in [0.1, 0.15) is 61.2 Å². The van der Waals surface area contributed by atoms with E-state index in [0.717, 1.165) is 0 Å². The molecule has 12 N–H and O–H groups in total. The van der Waals surface area contributed by atoms with Crippen LogP contribution in [-0.4, -0.2) is 78.5 Å². The number of anilines is 4. The maximum absolute atomic E-state index is 13.1. The van der Waals surface area contributed by atoms with Crippen LogP contribution in [0.15, 0.2) is 49.1 Å². The van der Waals surface area contributed by atoms with Gasteiger partial charge in [-0.1, -0.05) is 0 Å². The third-order valence-corrected chi connectivity index (χ3v) is 8.82. The van der Waals surface area contributed by atoms with Crippen molar-refractivity contribution < 1.29 is 28.8 Å². The van der Waals surface area contributed by atoms with Gasteiger partial charge in [0.15, 0.2) is 0 Å². The SMILES string of the molecule is Cn1cc(NC(=O)c2cc(NC(=O)[C@@H]3C[C@H]3C(=O)Nc3cc(C(=O)Nc4cc(C(=O)NCCC(=N)N)n(C)c4)n(C)c3)cn2C)cc1C(=O)NCCC(=N)N. The van der Waals surface area contributed by atoms with Crippen LogP contribution in [0, 0.1) is 22.7 Å². The quantitative estimate of drug-likeness (QED) is 0.0577. The fourth-order valence-corrected chi connectivity index (χ4v) is 5.87. The highest BCUT2D eigenvalue weighted by molar-refractivity contribution is 6.08. The van der Waals surface area contributed by atoms with Gasteiger partial charge in [0.2, 0.25) is 11.8 Å². The summed E-state index contributed by atoms with van der Waals surface area (Å²) in [7, 11) is 6.59. The number of hydrogen-bond donors (Lipinski definition) is 10. The maximum atomic E-state index is 13.1.